The monoisotopic (exact) mass is 116 g/mol. The first-order valence-electron chi connectivity index (χ1n) is 2.59. The summed E-state index contributed by atoms with van der Waals surface area (Å²) in [5.74, 6) is 0.301. The van der Waals surface area contributed by atoms with Gasteiger partial charge in [0.1, 0.15) is 0 Å². The summed E-state index contributed by atoms with van der Waals surface area (Å²) in [5.41, 5.74) is 0. The Bertz CT molecular complexity index is 80.5. The molecule has 0 aliphatic heterocycles. The van der Waals surface area contributed by atoms with Crippen LogP contribution in [-0.4, -0.2) is 25.1 Å². The van der Waals surface area contributed by atoms with Gasteiger partial charge in [-0.25, -0.2) is 0 Å². The molecule has 0 rings (SSSR count). The van der Waals surface area contributed by atoms with Crippen LogP contribution >= 0.6 is 0 Å². The molecule has 0 fully saturated rings. The fourth-order valence-electron chi connectivity index (χ4n) is 0.285. The molecule has 0 aromatic carbocycles. The quantitative estimate of drug-likeness (QED) is 0.330. The zero-order valence-corrected chi connectivity index (χ0v) is 5.56. The average molecular weight is 116 g/mol. The SMILES string of the molecule is CCC(=N)ON(C)C. The Morgan fingerprint density at radius 3 is 2.25 bits per heavy atom. The molecular weight excluding hydrogens is 104 g/mol. The molecule has 0 bridgehead atoms. The van der Waals surface area contributed by atoms with Crippen molar-refractivity contribution in [3.8, 4) is 0 Å². The van der Waals surface area contributed by atoms with E-state index in [1.165, 1.54) is 5.06 Å². The van der Waals surface area contributed by atoms with Gasteiger partial charge in [0, 0.05) is 20.5 Å². The second-order valence-electron chi connectivity index (χ2n) is 1.68. The van der Waals surface area contributed by atoms with E-state index in [0.717, 1.165) is 0 Å². The van der Waals surface area contributed by atoms with Crippen LogP contribution in [0.5, 0.6) is 0 Å². The first-order valence-corrected chi connectivity index (χ1v) is 2.59. The van der Waals surface area contributed by atoms with Crippen molar-refractivity contribution in [1.29, 1.82) is 5.41 Å². The van der Waals surface area contributed by atoms with Crippen molar-refractivity contribution >= 4 is 5.90 Å². The molecule has 0 saturated heterocycles. The average Bonchev–Trinajstić information content (AvgIpc) is 1.65. The van der Waals surface area contributed by atoms with Gasteiger partial charge >= 0.3 is 0 Å². The lowest BCUT2D eigenvalue weighted by atomic mass is 10.5. The van der Waals surface area contributed by atoms with E-state index < -0.39 is 0 Å². The van der Waals surface area contributed by atoms with Crippen molar-refractivity contribution < 1.29 is 4.84 Å². The molecule has 48 valence electrons. The van der Waals surface area contributed by atoms with Crippen molar-refractivity contribution in [1.82, 2.24) is 5.06 Å². The van der Waals surface area contributed by atoms with E-state index in [0.29, 0.717) is 12.3 Å². The molecule has 1 N–H and O–H groups in total. The Morgan fingerprint density at radius 1 is 1.62 bits per heavy atom. The van der Waals surface area contributed by atoms with Crippen molar-refractivity contribution in [2.24, 2.45) is 0 Å². The maximum atomic E-state index is 7.00. The summed E-state index contributed by atoms with van der Waals surface area (Å²) in [6.45, 7) is 1.88. The van der Waals surface area contributed by atoms with Gasteiger partial charge in [0.15, 0.2) is 0 Å². The van der Waals surface area contributed by atoms with Gasteiger partial charge < -0.3 is 4.84 Å². The Morgan fingerprint density at radius 2 is 2.12 bits per heavy atom. The maximum absolute atomic E-state index is 7.00. The summed E-state index contributed by atoms with van der Waals surface area (Å²) in [6, 6.07) is 0. The zero-order valence-electron chi connectivity index (χ0n) is 5.56. The van der Waals surface area contributed by atoms with E-state index in [2.05, 4.69) is 0 Å². The summed E-state index contributed by atoms with van der Waals surface area (Å²) in [6.07, 6.45) is 0.651. The van der Waals surface area contributed by atoms with Crippen LogP contribution < -0.4 is 0 Å². The first kappa shape index (κ1) is 7.43. The first-order chi connectivity index (χ1) is 3.66. The third-order valence-electron chi connectivity index (χ3n) is 0.614. The van der Waals surface area contributed by atoms with E-state index >= 15 is 0 Å². The normalized spacial score (nSPS) is 9.50. The minimum Gasteiger partial charge on any atom is -0.392 e. The van der Waals surface area contributed by atoms with Crippen LogP contribution in [0, 0.1) is 5.41 Å². The van der Waals surface area contributed by atoms with Gasteiger partial charge in [-0.05, 0) is 0 Å². The highest BCUT2D eigenvalue weighted by Gasteiger charge is 1.92. The summed E-state index contributed by atoms with van der Waals surface area (Å²) in [4.78, 5) is 4.82. The van der Waals surface area contributed by atoms with Crippen LogP contribution in [0.15, 0.2) is 0 Å². The van der Waals surface area contributed by atoms with Crippen LogP contribution in [0.3, 0.4) is 0 Å². The molecule has 0 spiro atoms. The molecule has 0 unspecified atom stereocenters. The summed E-state index contributed by atoms with van der Waals surface area (Å²) in [7, 11) is 3.51. The van der Waals surface area contributed by atoms with E-state index in [1.807, 2.05) is 6.92 Å². The number of nitrogens with one attached hydrogen (secondary N) is 1. The van der Waals surface area contributed by atoms with Crippen molar-refractivity contribution in [3.63, 3.8) is 0 Å². The molecule has 0 aliphatic rings. The van der Waals surface area contributed by atoms with E-state index in [-0.39, 0.29) is 0 Å². The number of hydroxylamine groups is 2. The number of nitrogens with zero attached hydrogens (tertiary/aromatic N) is 1. The maximum Gasteiger partial charge on any atom is 0.206 e. The Kier molecular flexibility index (Phi) is 3.19. The van der Waals surface area contributed by atoms with Gasteiger partial charge in [0.25, 0.3) is 0 Å². The molecule has 0 aromatic rings. The Balaban J connectivity index is 3.25. The molecule has 0 aliphatic carbocycles. The molecule has 0 saturated carbocycles. The lowest BCUT2D eigenvalue weighted by Gasteiger charge is -2.09. The standard InChI is InChI=1S/C5H12N2O/c1-4-5(6)8-7(2)3/h6H,4H2,1-3H3. The number of rotatable bonds is 2. The van der Waals surface area contributed by atoms with E-state index in [4.69, 9.17) is 10.2 Å². The third-order valence-corrected chi connectivity index (χ3v) is 0.614. The van der Waals surface area contributed by atoms with Crippen LogP contribution in [0.4, 0.5) is 0 Å². The fourth-order valence-corrected chi connectivity index (χ4v) is 0.285. The van der Waals surface area contributed by atoms with Gasteiger partial charge in [-0.3, -0.25) is 5.41 Å². The molecule has 0 aromatic heterocycles. The minimum absolute atomic E-state index is 0.301. The Hall–Kier alpha value is -0.570. The van der Waals surface area contributed by atoms with Gasteiger partial charge in [0.2, 0.25) is 5.90 Å². The Labute approximate surface area is 49.7 Å². The van der Waals surface area contributed by atoms with Crippen LogP contribution in [-0.2, 0) is 4.84 Å². The fraction of sp³-hybridized carbons (Fsp3) is 0.800. The molecule has 3 heteroatoms. The molecule has 0 atom stereocenters. The summed E-state index contributed by atoms with van der Waals surface area (Å²) < 4.78 is 0. The van der Waals surface area contributed by atoms with Gasteiger partial charge in [-0.2, -0.15) is 0 Å². The topological polar surface area (TPSA) is 36.3 Å². The third kappa shape index (κ3) is 3.61. The second kappa shape index (κ2) is 3.43. The number of hydrogen-bond donors (Lipinski definition) is 1. The van der Waals surface area contributed by atoms with Gasteiger partial charge in [-0.1, -0.05) is 6.92 Å². The summed E-state index contributed by atoms with van der Waals surface area (Å²) >= 11 is 0. The van der Waals surface area contributed by atoms with Gasteiger partial charge in [0.05, 0.1) is 0 Å². The predicted molar refractivity (Wildman–Crippen MR) is 32.8 cm³/mol. The highest BCUT2D eigenvalue weighted by atomic mass is 16.7. The van der Waals surface area contributed by atoms with Crippen molar-refractivity contribution in [2.75, 3.05) is 14.1 Å². The highest BCUT2D eigenvalue weighted by molar-refractivity contribution is 5.71. The van der Waals surface area contributed by atoms with Crippen LogP contribution in [0.2, 0.25) is 0 Å². The smallest absolute Gasteiger partial charge is 0.206 e. The molecule has 0 heterocycles. The number of hydrogen-bond acceptors (Lipinski definition) is 3. The zero-order chi connectivity index (χ0) is 6.57. The molecular formula is C5H12N2O. The summed E-state index contributed by atoms with van der Waals surface area (Å²) in [5, 5.41) is 8.51. The van der Waals surface area contributed by atoms with E-state index in [1.54, 1.807) is 14.1 Å². The van der Waals surface area contributed by atoms with E-state index in [9.17, 15) is 0 Å². The van der Waals surface area contributed by atoms with Gasteiger partial charge in [-0.15, -0.1) is 5.06 Å². The van der Waals surface area contributed by atoms with Crippen LogP contribution in [0.25, 0.3) is 0 Å². The largest absolute Gasteiger partial charge is 0.392 e. The lowest BCUT2D eigenvalue weighted by Crippen LogP contribution is -2.16. The van der Waals surface area contributed by atoms with Crippen molar-refractivity contribution in [3.05, 3.63) is 0 Å². The molecule has 3 nitrogen and oxygen atoms in total. The van der Waals surface area contributed by atoms with Crippen LogP contribution in [0.1, 0.15) is 13.3 Å². The molecule has 0 radical (unpaired) electrons. The molecule has 0 amide bonds. The second-order valence-corrected chi connectivity index (χ2v) is 1.68. The highest BCUT2D eigenvalue weighted by Crippen LogP contribution is 1.85. The van der Waals surface area contributed by atoms with Crippen molar-refractivity contribution in [2.45, 2.75) is 13.3 Å². The lowest BCUT2D eigenvalue weighted by molar-refractivity contribution is -0.0229. The molecule has 8 heavy (non-hydrogen) atoms. The minimum atomic E-state index is 0.301. The predicted octanol–water partition coefficient (Wildman–Crippen LogP) is 0.867.